The quantitative estimate of drug-likeness (QED) is 0.860. The molecule has 0 aromatic carbocycles. The number of aromatic nitrogens is 3. The van der Waals surface area contributed by atoms with Gasteiger partial charge in [0.25, 0.3) is 0 Å². The average molecular weight is 269 g/mol. The van der Waals surface area contributed by atoms with E-state index in [1.54, 1.807) is 11.3 Å². The molecule has 0 aliphatic rings. The number of thiophene rings is 1. The van der Waals surface area contributed by atoms with E-state index in [2.05, 4.69) is 10.2 Å². The molecule has 0 spiro atoms. The van der Waals surface area contributed by atoms with E-state index in [9.17, 15) is 4.79 Å². The summed E-state index contributed by atoms with van der Waals surface area (Å²) in [6.45, 7) is 2.03. The molecule has 17 heavy (non-hydrogen) atoms. The molecule has 2 heterocycles. The standard InChI is InChI=1S/C10H11N3O2S2/c1-6-3-4-7(17-6)9-11-12-10(13(9)2)16-5-8(14)15/h3-4H,5H2,1-2H3,(H,14,15). The Morgan fingerprint density at radius 1 is 1.53 bits per heavy atom. The molecule has 0 amide bonds. The fraction of sp³-hybridized carbons (Fsp3) is 0.300. The number of aryl methyl sites for hydroxylation is 1. The maximum Gasteiger partial charge on any atom is 0.313 e. The van der Waals surface area contributed by atoms with E-state index in [0.29, 0.717) is 5.16 Å². The van der Waals surface area contributed by atoms with Crippen molar-refractivity contribution in [1.82, 2.24) is 14.8 Å². The Bertz CT molecular complexity index is 547. The van der Waals surface area contributed by atoms with Gasteiger partial charge >= 0.3 is 5.97 Å². The predicted molar refractivity (Wildman–Crippen MR) is 67.4 cm³/mol. The lowest BCUT2D eigenvalue weighted by Gasteiger charge is -2.00. The maximum absolute atomic E-state index is 10.5. The van der Waals surface area contributed by atoms with Gasteiger partial charge in [-0.1, -0.05) is 11.8 Å². The Labute approximate surface area is 106 Å². The number of carboxylic acids is 1. The van der Waals surface area contributed by atoms with Crippen LogP contribution in [0, 0.1) is 6.92 Å². The number of rotatable bonds is 4. The summed E-state index contributed by atoms with van der Waals surface area (Å²) in [6, 6.07) is 4.02. The topological polar surface area (TPSA) is 68.0 Å². The van der Waals surface area contributed by atoms with E-state index in [0.717, 1.165) is 10.7 Å². The van der Waals surface area contributed by atoms with Crippen LogP contribution in [0.3, 0.4) is 0 Å². The molecule has 90 valence electrons. The SMILES string of the molecule is Cc1ccc(-c2nnc(SCC(=O)O)n2C)s1. The highest BCUT2D eigenvalue weighted by atomic mass is 32.2. The molecular formula is C10H11N3O2S2. The van der Waals surface area contributed by atoms with Crippen molar-refractivity contribution >= 4 is 29.1 Å². The maximum atomic E-state index is 10.5. The first-order valence-corrected chi connectivity index (χ1v) is 6.69. The van der Waals surface area contributed by atoms with Crippen LogP contribution in [-0.4, -0.2) is 31.6 Å². The van der Waals surface area contributed by atoms with Gasteiger partial charge in [-0.2, -0.15) is 0 Å². The van der Waals surface area contributed by atoms with Crippen LogP contribution in [0.25, 0.3) is 10.7 Å². The molecule has 0 radical (unpaired) electrons. The Morgan fingerprint density at radius 2 is 2.29 bits per heavy atom. The Morgan fingerprint density at radius 3 is 2.88 bits per heavy atom. The molecule has 1 N–H and O–H groups in total. The van der Waals surface area contributed by atoms with Gasteiger partial charge in [0.15, 0.2) is 11.0 Å². The van der Waals surface area contributed by atoms with Gasteiger partial charge in [0.2, 0.25) is 0 Å². The monoisotopic (exact) mass is 269 g/mol. The van der Waals surface area contributed by atoms with Gasteiger partial charge in [-0.15, -0.1) is 21.5 Å². The van der Waals surface area contributed by atoms with E-state index in [1.807, 2.05) is 30.7 Å². The lowest BCUT2D eigenvalue weighted by molar-refractivity contribution is -0.133. The summed E-state index contributed by atoms with van der Waals surface area (Å²) in [5.74, 6) is -0.0855. The van der Waals surface area contributed by atoms with E-state index < -0.39 is 5.97 Å². The highest BCUT2D eigenvalue weighted by molar-refractivity contribution is 7.99. The molecule has 0 fully saturated rings. The highest BCUT2D eigenvalue weighted by Gasteiger charge is 2.13. The molecule has 0 saturated heterocycles. The van der Waals surface area contributed by atoms with Gasteiger partial charge in [-0.05, 0) is 19.1 Å². The first kappa shape index (κ1) is 12.1. The van der Waals surface area contributed by atoms with Gasteiger partial charge < -0.3 is 9.67 Å². The van der Waals surface area contributed by atoms with Crippen molar-refractivity contribution in [2.75, 3.05) is 5.75 Å². The molecular weight excluding hydrogens is 258 g/mol. The molecule has 2 aromatic rings. The van der Waals surface area contributed by atoms with Gasteiger partial charge in [0.1, 0.15) is 0 Å². The highest BCUT2D eigenvalue weighted by Crippen LogP contribution is 2.28. The minimum absolute atomic E-state index is 0.00452. The third-order valence-electron chi connectivity index (χ3n) is 2.12. The first-order valence-electron chi connectivity index (χ1n) is 4.88. The van der Waals surface area contributed by atoms with E-state index in [-0.39, 0.29) is 5.75 Å². The summed E-state index contributed by atoms with van der Waals surface area (Å²) in [7, 11) is 1.84. The normalized spacial score (nSPS) is 10.7. The van der Waals surface area contributed by atoms with Crippen LogP contribution in [0.5, 0.6) is 0 Å². The third kappa shape index (κ3) is 2.67. The van der Waals surface area contributed by atoms with Crippen molar-refractivity contribution in [3.63, 3.8) is 0 Å². The lowest BCUT2D eigenvalue weighted by atomic mass is 10.4. The van der Waals surface area contributed by atoms with E-state index in [4.69, 9.17) is 5.11 Å². The number of aliphatic carboxylic acids is 1. The molecule has 0 bridgehead atoms. The van der Waals surface area contributed by atoms with Crippen LogP contribution in [-0.2, 0) is 11.8 Å². The number of carboxylic acid groups (broad SMARTS) is 1. The van der Waals surface area contributed by atoms with Crippen molar-refractivity contribution in [2.45, 2.75) is 12.1 Å². The molecule has 7 heteroatoms. The number of thioether (sulfide) groups is 1. The van der Waals surface area contributed by atoms with Crippen LogP contribution in [0.4, 0.5) is 0 Å². The van der Waals surface area contributed by atoms with Crippen LogP contribution < -0.4 is 0 Å². The lowest BCUT2D eigenvalue weighted by Crippen LogP contribution is -2.00. The second-order valence-corrected chi connectivity index (χ2v) is 5.69. The fourth-order valence-electron chi connectivity index (χ4n) is 1.34. The zero-order chi connectivity index (χ0) is 12.4. The predicted octanol–water partition coefficient (Wildman–Crippen LogP) is 2.03. The van der Waals surface area contributed by atoms with Gasteiger partial charge in [0.05, 0.1) is 10.6 Å². The number of hydrogen-bond acceptors (Lipinski definition) is 5. The zero-order valence-electron chi connectivity index (χ0n) is 9.38. The molecule has 2 aromatic heterocycles. The number of nitrogens with zero attached hydrogens (tertiary/aromatic N) is 3. The Kier molecular flexibility index (Phi) is 3.49. The summed E-state index contributed by atoms with van der Waals surface area (Å²) in [4.78, 5) is 12.7. The number of carbonyl (C=O) groups is 1. The van der Waals surface area contributed by atoms with Crippen LogP contribution in [0.1, 0.15) is 4.88 Å². The minimum Gasteiger partial charge on any atom is -0.481 e. The van der Waals surface area contributed by atoms with Crippen molar-refractivity contribution in [3.8, 4) is 10.7 Å². The van der Waals surface area contributed by atoms with Crippen LogP contribution in [0.2, 0.25) is 0 Å². The Balaban J connectivity index is 2.23. The summed E-state index contributed by atoms with van der Waals surface area (Å²) in [5, 5.41) is 17.3. The van der Waals surface area contributed by atoms with Crippen molar-refractivity contribution < 1.29 is 9.90 Å². The van der Waals surface area contributed by atoms with Gasteiger partial charge in [-0.3, -0.25) is 4.79 Å². The second kappa shape index (κ2) is 4.89. The molecule has 0 atom stereocenters. The zero-order valence-corrected chi connectivity index (χ0v) is 11.0. The number of hydrogen-bond donors (Lipinski definition) is 1. The van der Waals surface area contributed by atoms with Crippen LogP contribution in [0.15, 0.2) is 17.3 Å². The Hall–Kier alpha value is -1.34. The molecule has 5 nitrogen and oxygen atoms in total. The van der Waals surface area contributed by atoms with Crippen molar-refractivity contribution in [3.05, 3.63) is 17.0 Å². The third-order valence-corrected chi connectivity index (χ3v) is 4.12. The van der Waals surface area contributed by atoms with Gasteiger partial charge in [-0.25, -0.2) is 0 Å². The molecule has 0 aliphatic carbocycles. The van der Waals surface area contributed by atoms with E-state index >= 15 is 0 Å². The molecule has 2 rings (SSSR count). The van der Waals surface area contributed by atoms with Crippen molar-refractivity contribution in [2.24, 2.45) is 7.05 Å². The summed E-state index contributed by atoms with van der Waals surface area (Å²) in [5.41, 5.74) is 0. The van der Waals surface area contributed by atoms with Gasteiger partial charge in [0, 0.05) is 11.9 Å². The summed E-state index contributed by atoms with van der Waals surface area (Å²) in [6.07, 6.45) is 0. The minimum atomic E-state index is -0.855. The molecule has 0 unspecified atom stereocenters. The summed E-state index contributed by atoms with van der Waals surface area (Å²) < 4.78 is 1.82. The average Bonchev–Trinajstić information content (AvgIpc) is 2.82. The largest absolute Gasteiger partial charge is 0.481 e. The van der Waals surface area contributed by atoms with Crippen LogP contribution >= 0.6 is 23.1 Å². The molecule has 0 aliphatic heterocycles. The fourth-order valence-corrected chi connectivity index (χ4v) is 2.86. The smallest absolute Gasteiger partial charge is 0.313 e. The summed E-state index contributed by atoms with van der Waals surface area (Å²) >= 11 is 2.82. The first-order chi connectivity index (χ1) is 8.08. The van der Waals surface area contributed by atoms with E-state index in [1.165, 1.54) is 16.6 Å². The van der Waals surface area contributed by atoms with Crippen molar-refractivity contribution in [1.29, 1.82) is 0 Å². The second-order valence-electron chi connectivity index (χ2n) is 3.46. The molecule has 0 saturated carbocycles.